The van der Waals surface area contributed by atoms with E-state index in [1.807, 2.05) is 24.3 Å². The van der Waals surface area contributed by atoms with Crippen LogP contribution in [-0.4, -0.2) is 49.4 Å². The number of rotatable bonds is 2. The number of nitrogens with zero attached hydrogens (tertiary/aromatic N) is 1. The largest absolute Gasteiger partial charge is 0.451 e. The molecule has 110 valence electrons. The van der Waals surface area contributed by atoms with Crippen molar-refractivity contribution in [1.29, 1.82) is 0 Å². The van der Waals surface area contributed by atoms with Gasteiger partial charge in [-0.1, -0.05) is 18.2 Å². The maximum Gasteiger partial charge on any atom is 0.290 e. The van der Waals surface area contributed by atoms with Gasteiger partial charge in [0.15, 0.2) is 5.76 Å². The van der Waals surface area contributed by atoms with Crippen LogP contribution in [0.4, 0.5) is 0 Å². The monoisotopic (exact) mass is 287 g/mol. The van der Waals surface area contributed by atoms with E-state index in [1.165, 1.54) is 0 Å². The van der Waals surface area contributed by atoms with Gasteiger partial charge in [0.25, 0.3) is 5.91 Å². The summed E-state index contributed by atoms with van der Waals surface area (Å²) in [5.41, 5.74) is 0.674. The highest BCUT2D eigenvalue weighted by Gasteiger charge is 2.33. The van der Waals surface area contributed by atoms with E-state index in [0.29, 0.717) is 25.2 Å². The van der Waals surface area contributed by atoms with E-state index < -0.39 is 6.04 Å². The smallest absolute Gasteiger partial charge is 0.290 e. The van der Waals surface area contributed by atoms with Gasteiger partial charge in [0.2, 0.25) is 5.91 Å². The van der Waals surface area contributed by atoms with Gasteiger partial charge in [0.1, 0.15) is 11.6 Å². The average molecular weight is 287 g/mol. The van der Waals surface area contributed by atoms with Crippen LogP contribution in [0.1, 0.15) is 10.6 Å². The van der Waals surface area contributed by atoms with E-state index >= 15 is 0 Å². The number of likely N-dealkylation sites (N-methyl/N-ethyl adjacent to an activating group) is 1. The molecule has 1 unspecified atom stereocenters. The van der Waals surface area contributed by atoms with E-state index in [-0.39, 0.29) is 17.6 Å². The van der Waals surface area contributed by atoms with Gasteiger partial charge in [-0.15, -0.1) is 0 Å². The van der Waals surface area contributed by atoms with E-state index in [0.717, 1.165) is 5.39 Å². The van der Waals surface area contributed by atoms with Crippen molar-refractivity contribution < 1.29 is 14.0 Å². The van der Waals surface area contributed by atoms with Crippen LogP contribution in [-0.2, 0) is 4.79 Å². The molecule has 1 saturated heterocycles. The van der Waals surface area contributed by atoms with Gasteiger partial charge in [0, 0.05) is 32.1 Å². The number of fused-ring (bicyclic) bond motifs is 1. The molecular formula is C15H17N3O3. The number of amides is 2. The van der Waals surface area contributed by atoms with Crippen LogP contribution in [0, 0.1) is 0 Å². The SMILES string of the molecule is CNC(=O)C1CNCCN1C(=O)c1cc2ccccc2o1. The molecule has 1 aliphatic rings. The lowest BCUT2D eigenvalue weighted by Gasteiger charge is -2.34. The third-order valence-electron chi connectivity index (χ3n) is 3.69. The highest BCUT2D eigenvalue weighted by molar-refractivity contribution is 5.98. The quantitative estimate of drug-likeness (QED) is 0.848. The van der Waals surface area contributed by atoms with Crippen molar-refractivity contribution in [3.05, 3.63) is 36.1 Å². The Balaban J connectivity index is 1.90. The second kappa shape index (κ2) is 5.57. The summed E-state index contributed by atoms with van der Waals surface area (Å²) in [7, 11) is 1.57. The van der Waals surface area contributed by atoms with Crippen LogP contribution in [0.25, 0.3) is 11.0 Å². The Hall–Kier alpha value is -2.34. The summed E-state index contributed by atoms with van der Waals surface area (Å²) in [5.74, 6) is -0.153. The van der Waals surface area contributed by atoms with Gasteiger partial charge >= 0.3 is 0 Å². The van der Waals surface area contributed by atoms with Crippen LogP contribution in [0.15, 0.2) is 34.7 Å². The molecule has 1 fully saturated rings. The Kier molecular flexibility index (Phi) is 3.62. The van der Waals surface area contributed by atoms with Crippen LogP contribution in [0.5, 0.6) is 0 Å². The Morgan fingerprint density at radius 2 is 2.19 bits per heavy atom. The highest BCUT2D eigenvalue weighted by Crippen LogP contribution is 2.21. The molecular weight excluding hydrogens is 270 g/mol. The predicted octanol–water partition coefficient (Wildman–Crippen LogP) is 0.593. The topological polar surface area (TPSA) is 74.6 Å². The molecule has 0 radical (unpaired) electrons. The van der Waals surface area contributed by atoms with Gasteiger partial charge in [-0.25, -0.2) is 0 Å². The molecule has 2 N–H and O–H groups in total. The Labute approximate surface area is 122 Å². The molecule has 6 nitrogen and oxygen atoms in total. The maximum atomic E-state index is 12.6. The number of piperazine rings is 1. The van der Waals surface area contributed by atoms with Crippen molar-refractivity contribution in [3.63, 3.8) is 0 Å². The summed E-state index contributed by atoms with van der Waals surface area (Å²) >= 11 is 0. The summed E-state index contributed by atoms with van der Waals surface area (Å²) in [6, 6.07) is 8.68. The molecule has 21 heavy (non-hydrogen) atoms. The van der Waals surface area contributed by atoms with Gasteiger partial charge < -0.3 is 20.0 Å². The zero-order valence-electron chi connectivity index (χ0n) is 11.8. The summed E-state index contributed by atoms with van der Waals surface area (Å²) in [4.78, 5) is 26.1. The number of carbonyl (C=O) groups excluding carboxylic acids is 2. The molecule has 6 heteroatoms. The molecule has 0 aliphatic carbocycles. The van der Waals surface area contributed by atoms with Crippen molar-refractivity contribution in [2.45, 2.75) is 6.04 Å². The van der Waals surface area contributed by atoms with E-state index in [4.69, 9.17) is 4.42 Å². The van der Waals surface area contributed by atoms with Gasteiger partial charge in [-0.05, 0) is 12.1 Å². The third kappa shape index (κ3) is 2.50. The molecule has 1 aromatic carbocycles. The van der Waals surface area contributed by atoms with E-state index in [1.54, 1.807) is 18.0 Å². The minimum atomic E-state index is -0.510. The molecule has 1 atom stereocenters. The van der Waals surface area contributed by atoms with Gasteiger partial charge in [0.05, 0.1) is 0 Å². The zero-order chi connectivity index (χ0) is 14.8. The molecule has 2 amide bonds. The fraction of sp³-hybridized carbons (Fsp3) is 0.333. The molecule has 3 rings (SSSR count). The molecule has 2 heterocycles. The first kappa shape index (κ1) is 13.6. The molecule has 0 saturated carbocycles. The van der Waals surface area contributed by atoms with Crippen molar-refractivity contribution in [2.75, 3.05) is 26.7 Å². The molecule has 0 bridgehead atoms. The van der Waals surface area contributed by atoms with Gasteiger partial charge in [-0.2, -0.15) is 0 Å². The maximum absolute atomic E-state index is 12.6. The Bertz CT molecular complexity index is 647. The van der Waals surface area contributed by atoms with Crippen LogP contribution >= 0.6 is 0 Å². The number of hydrogen-bond acceptors (Lipinski definition) is 4. The summed E-state index contributed by atoms with van der Waals surface area (Å²) in [6.45, 7) is 1.60. The standard InChI is InChI=1S/C15H17N3O3/c1-16-14(19)11-9-17-6-7-18(11)15(20)13-8-10-4-2-3-5-12(10)21-13/h2-5,8,11,17H,6-7,9H2,1H3,(H,16,19). The van der Waals surface area contributed by atoms with Gasteiger partial charge in [-0.3, -0.25) is 9.59 Å². The lowest BCUT2D eigenvalue weighted by atomic mass is 10.1. The summed E-state index contributed by atoms with van der Waals surface area (Å²) in [6.07, 6.45) is 0. The number of para-hydroxylation sites is 1. The van der Waals surface area contributed by atoms with Crippen LogP contribution in [0.3, 0.4) is 0 Å². The predicted molar refractivity (Wildman–Crippen MR) is 78.0 cm³/mol. The first-order valence-electron chi connectivity index (χ1n) is 6.92. The number of carbonyl (C=O) groups is 2. The normalized spacial score (nSPS) is 18.7. The second-order valence-corrected chi connectivity index (χ2v) is 4.98. The lowest BCUT2D eigenvalue weighted by molar-refractivity contribution is -0.125. The molecule has 0 spiro atoms. The van der Waals surface area contributed by atoms with Crippen molar-refractivity contribution in [3.8, 4) is 0 Å². The first-order chi connectivity index (χ1) is 10.2. The fourth-order valence-corrected chi connectivity index (χ4v) is 2.58. The number of nitrogens with one attached hydrogen (secondary N) is 2. The third-order valence-corrected chi connectivity index (χ3v) is 3.69. The number of hydrogen-bond donors (Lipinski definition) is 2. The Morgan fingerprint density at radius 1 is 1.38 bits per heavy atom. The van der Waals surface area contributed by atoms with Crippen LogP contribution < -0.4 is 10.6 Å². The highest BCUT2D eigenvalue weighted by atomic mass is 16.3. The van der Waals surface area contributed by atoms with E-state index in [9.17, 15) is 9.59 Å². The first-order valence-corrected chi connectivity index (χ1v) is 6.92. The Morgan fingerprint density at radius 3 is 2.95 bits per heavy atom. The minimum Gasteiger partial charge on any atom is -0.451 e. The number of furan rings is 1. The van der Waals surface area contributed by atoms with Crippen LogP contribution in [0.2, 0.25) is 0 Å². The molecule has 1 aliphatic heterocycles. The van der Waals surface area contributed by atoms with Crippen molar-refractivity contribution in [1.82, 2.24) is 15.5 Å². The summed E-state index contributed by atoms with van der Waals surface area (Å²) in [5, 5.41) is 6.60. The minimum absolute atomic E-state index is 0.174. The summed E-state index contributed by atoms with van der Waals surface area (Å²) < 4.78 is 5.60. The molecule has 1 aromatic heterocycles. The van der Waals surface area contributed by atoms with Crippen molar-refractivity contribution >= 4 is 22.8 Å². The lowest BCUT2D eigenvalue weighted by Crippen LogP contribution is -2.59. The fourth-order valence-electron chi connectivity index (χ4n) is 2.58. The molecule has 2 aromatic rings. The van der Waals surface area contributed by atoms with E-state index in [2.05, 4.69) is 10.6 Å². The average Bonchev–Trinajstić information content (AvgIpc) is 2.97. The zero-order valence-corrected chi connectivity index (χ0v) is 11.8. The van der Waals surface area contributed by atoms with Crippen molar-refractivity contribution in [2.24, 2.45) is 0 Å². The second-order valence-electron chi connectivity index (χ2n) is 4.98. The number of benzene rings is 1.